The van der Waals surface area contributed by atoms with Gasteiger partial charge in [-0.3, -0.25) is 4.79 Å². The molecule has 0 spiro atoms. The number of methoxy groups -OCH3 is 1. The van der Waals surface area contributed by atoms with Crippen LogP contribution in [0.4, 0.5) is 0 Å². The number of ether oxygens (including phenoxy) is 1. The Hall–Kier alpha value is -1.38. The summed E-state index contributed by atoms with van der Waals surface area (Å²) in [5, 5.41) is 13.9. The number of hydrogen-bond acceptors (Lipinski definition) is 6. The van der Waals surface area contributed by atoms with Crippen molar-refractivity contribution in [3.63, 3.8) is 0 Å². The second-order valence-electron chi connectivity index (χ2n) is 4.57. The van der Waals surface area contributed by atoms with Crippen molar-refractivity contribution in [2.24, 2.45) is 0 Å². The topological polar surface area (TPSA) is 69.0 Å². The summed E-state index contributed by atoms with van der Waals surface area (Å²) in [5.74, 6) is 0.831. The van der Waals surface area contributed by atoms with Gasteiger partial charge in [0.25, 0.3) is 0 Å². The minimum atomic E-state index is -0.234. The number of hydrogen-bond donors (Lipinski definition) is 1. The van der Waals surface area contributed by atoms with Crippen LogP contribution >= 0.6 is 23.1 Å². The standard InChI is InChI=1S/C14H20N4O2S2/c1-4-18-12(11-6-5-9-21-11)16-17-14(18)22-10(2)13(19)15-7-8-20-3/h5-6,9-10H,4,7-8H2,1-3H3,(H,15,19)/t10-/m1/s1. The van der Waals surface area contributed by atoms with Gasteiger partial charge >= 0.3 is 0 Å². The highest BCUT2D eigenvalue weighted by molar-refractivity contribution is 8.00. The summed E-state index contributed by atoms with van der Waals surface area (Å²) < 4.78 is 6.96. The van der Waals surface area contributed by atoms with Crippen molar-refractivity contribution >= 4 is 29.0 Å². The van der Waals surface area contributed by atoms with Crippen molar-refractivity contribution in [2.45, 2.75) is 30.8 Å². The Morgan fingerprint density at radius 1 is 1.55 bits per heavy atom. The fourth-order valence-corrected chi connectivity index (χ4v) is 3.54. The van der Waals surface area contributed by atoms with Crippen LogP contribution in [0.15, 0.2) is 22.7 Å². The van der Waals surface area contributed by atoms with E-state index in [4.69, 9.17) is 4.74 Å². The zero-order chi connectivity index (χ0) is 15.9. The SMILES string of the molecule is CCn1c(S[C@H](C)C(=O)NCCOC)nnc1-c1cccs1. The van der Waals surface area contributed by atoms with E-state index in [0.29, 0.717) is 13.2 Å². The Morgan fingerprint density at radius 3 is 3.00 bits per heavy atom. The lowest BCUT2D eigenvalue weighted by molar-refractivity contribution is -0.120. The molecule has 0 unspecified atom stereocenters. The molecule has 0 aliphatic heterocycles. The van der Waals surface area contributed by atoms with E-state index in [2.05, 4.69) is 15.5 Å². The summed E-state index contributed by atoms with van der Waals surface area (Å²) in [5.41, 5.74) is 0. The van der Waals surface area contributed by atoms with Crippen LogP contribution < -0.4 is 5.32 Å². The molecule has 6 nitrogen and oxygen atoms in total. The van der Waals surface area contributed by atoms with Crippen LogP contribution in [0.2, 0.25) is 0 Å². The lowest BCUT2D eigenvalue weighted by Gasteiger charge is -2.12. The first kappa shape index (κ1) is 17.0. The van der Waals surface area contributed by atoms with Crippen LogP contribution in [0.5, 0.6) is 0 Å². The summed E-state index contributed by atoms with van der Waals surface area (Å²) in [4.78, 5) is 13.1. The van der Waals surface area contributed by atoms with Crippen LogP contribution in [0, 0.1) is 0 Å². The molecule has 22 heavy (non-hydrogen) atoms. The average Bonchev–Trinajstić information content (AvgIpc) is 3.15. The number of thiophene rings is 1. The number of nitrogens with one attached hydrogen (secondary N) is 1. The number of thioether (sulfide) groups is 1. The average molecular weight is 340 g/mol. The maximum atomic E-state index is 12.0. The van der Waals surface area contributed by atoms with Crippen molar-refractivity contribution in [1.82, 2.24) is 20.1 Å². The van der Waals surface area contributed by atoms with Crippen molar-refractivity contribution < 1.29 is 9.53 Å². The fourth-order valence-electron chi connectivity index (χ4n) is 1.88. The summed E-state index contributed by atoms with van der Waals surface area (Å²) in [6.07, 6.45) is 0. The molecule has 1 amide bonds. The van der Waals surface area contributed by atoms with E-state index < -0.39 is 0 Å². The van der Waals surface area contributed by atoms with Crippen LogP contribution in [-0.4, -0.2) is 46.2 Å². The minimum absolute atomic E-state index is 0.0228. The van der Waals surface area contributed by atoms with E-state index in [1.54, 1.807) is 18.4 Å². The summed E-state index contributed by atoms with van der Waals surface area (Å²) in [6.45, 7) is 5.71. The zero-order valence-electron chi connectivity index (χ0n) is 12.9. The second kappa shape index (κ2) is 8.30. The Balaban J connectivity index is 2.05. The molecule has 2 heterocycles. The number of rotatable bonds is 8. The molecule has 8 heteroatoms. The molecule has 1 N–H and O–H groups in total. The Kier molecular flexibility index (Phi) is 6.41. The third-order valence-corrected chi connectivity index (χ3v) is 4.98. The summed E-state index contributed by atoms with van der Waals surface area (Å²) >= 11 is 3.05. The predicted molar refractivity (Wildman–Crippen MR) is 89.2 cm³/mol. The van der Waals surface area contributed by atoms with Gasteiger partial charge in [0.15, 0.2) is 11.0 Å². The zero-order valence-corrected chi connectivity index (χ0v) is 14.5. The summed E-state index contributed by atoms with van der Waals surface area (Å²) in [7, 11) is 1.61. The predicted octanol–water partition coefficient (Wildman–Crippen LogP) is 2.27. The van der Waals surface area contributed by atoms with Crippen LogP contribution in [0.1, 0.15) is 13.8 Å². The molecule has 120 valence electrons. The van der Waals surface area contributed by atoms with Crippen LogP contribution in [0.25, 0.3) is 10.7 Å². The quantitative estimate of drug-likeness (QED) is 0.590. The number of carbonyl (C=O) groups is 1. The van der Waals surface area contributed by atoms with Gasteiger partial charge in [-0.1, -0.05) is 17.8 Å². The van der Waals surface area contributed by atoms with Gasteiger partial charge in [-0.25, -0.2) is 0 Å². The van der Waals surface area contributed by atoms with Crippen molar-refractivity contribution in [1.29, 1.82) is 0 Å². The van der Waals surface area contributed by atoms with E-state index in [-0.39, 0.29) is 11.2 Å². The number of aromatic nitrogens is 3. The molecule has 2 rings (SSSR count). The van der Waals surface area contributed by atoms with Gasteiger partial charge in [-0.05, 0) is 25.3 Å². The maximum Gasteiger partial charge on any atom is 0.233 e. The molecular weight excluding hydrogens is 320 g/mol. The molecule has 0 fully saturated rings. The monoisotopic (exact) mass is 340 g/mol. The van der Waals surface area contributed by atoms with Crippen LogP contribution in [-0.2, 0) is 16.1 Å². The third kappa shape index (κ3) is 4.08. The largest absolute Gasteiger partial charge is 0.383 e. The highest BCUT2D eigenvalue weighted by Crippen LogP contribution is 2.28. The molecule has 0 saturated carbocycles. The molecule has 0 aromatic carbocycles. The molecule has 0 aliphatic rings. The number of amides is 1. The van der Waals surface area contributed by atoms with Crippen molar-refractivity contribution in [3.8, 4) is 10.7 Å². The Bertz CT molecular complexity index is 598. The van der Waals surface area contributed by atoms with E-state index >= 15 is 0 Å². The molecular formula is C14H20N4O2S2. The first-order valence-corrected chi connectivity index (χ1v) is 8.83. The van der Waals surface area contributed by atoms with Gasteiger partial charge in [-0.2, -0.15) is 0 Å². The molecule has 2 aromatic rings. The number of nitrogens with zero attached hydrogens (tertiary/aromatic N) is 3. The molecule has 0 aliphatic carbocycles. The molecule has 0 radical (unpaired) electrons. The molecule has 1 atom stereocenters. The van der Waals surface area contributed by atoms with E-state index in [0.717, 1.165) is 22.4 Å². The van der Waals surface area contributed by atoms with Gasteiger partial charge < -0.3 is 14.6 Å². The van der Waals surface area contributed by atoms with Crippen molar-refractivity contribution in [2.75, 3.05) is 20.3 Å². The van der Waals surface area contributed by atoms with Gasteiger partial charge in [0.05, 0.1) is 16.7 Å². The Labute approximate surface area is 138 Å². The number of carbonyl (C=O) groups excluding carboxylic acids is 1. The first-order valence-electron chi connectivity index (χ1n) is 7.07. The highest BCUT2D eigenvalue weighted by atomic mass is 32.2. The second-order valence-corrected chi connectivity index (χ2v) is 6.83. The maximum absolute atomic E-state index is 12.0. The van der Waals surface area contributed by atoms with E-state index in [1.807, 2.05) is 35.9 Å². The van der Waals surface area contributed by atoms with Crippen LogP contribution in [0.3, 0.4) is 0 Å². The van der Waals surface area contributed by atoms with Gasteiger partial charge in [0.2, 0.25) is 5.91 Å². The van der Waals surface area contributed by atoms with Crippen molar-refractivity contribution in [3.05, 3.63) is 17.5 Å². The Morgan fingerprint density at radius 2 is 2.36 bits per heavy atom. The van der Waals surface area contributed by atoms with E-state index in [1.165, 1.54) is 11.8 Å². The lowest BCUT2D eigenvalue weighted by Crippen LogP contribution is -2.33. The fraction of sp³-hybridized carbons (Fsp3) is 0.500. The smallest absolute Gasteiger partial charge is 0.233 e. The highest BCUT2D eigenvalue weighted by Gasteiger charge is 2.20. The third-order valence-electron chi connectivity index (χ3n) is 3.03. The molecule has 2 aromatic heterocycles. The van der Waals surface area contributed by atoms with E-state index in [9.17, 15) is 4.79 Å². The van der Waals surface area contributed by atoms with Gasteiger partial charge in [0, 0.05) is 20.2 Å². The molecule has 0 bridgehead atoms. The summed E-state index contributed by atoms with van der Waals surface area (Å²) in [6, 6.07) is 4.02. The lowest BCUT2D eigenvalue weighted by atomic mass is 10.4. The van der Waals surface area contributed by atoms with Gasteiger partial charge in [0.1, 0.15) is 0 Å². The minimum Gasteiger partial charge on any atom is -0.383 e. The first-order chi connectivity index (χ1) is 10.7. The van der Waals surface area contributed by atoms with Gasteiger partial charge in [-0.15, -0.1) is 21.5 Å². The normalized spacial score (nSPS) is 12.3. The molecule has 0 saturated heterocycles.